The van der Waals surface area contributed by atoms with Crippen LogP contribution in [0.15, 0.2) is 249 Å². The molecule has 3 aliphatic rings. The normalized spacial score (nSPS) is 16.9. The van der Waals surface area contributed by atoms with E-state index in [1.807, 2.05) is 0 Å². The summed E-state index contributed by atoms with van der Waals surface area (Å²) in [4.78, 5) is 2.52. The minimum atomic E-state index is -0.391. The van der Waals surface area contributed by atoms with Crippen LogP contribution in [0.5, 0.6) is 0 Å². The number of rotatable bonds is 8. The molecule has 0 radical (unpaired) electrons. The quantitative estimate of drug-likeness (QED) is 0.147. The van der Waals surface area contributed by atoms with E-state index in [4.69, 9.17) is 0 Å². The average molecular weight is 832 g/mol. The summed E-state index contributed by atoms with van der Waals surface area (Å²) in [6.45, 7) is 4.73. The molecule has 2 unspecified atom stereocenters. The molecule has 0 spiro atoms. The molecule has 0 heterocycles. The smallest absolute Gasteiger partial charge is 0.0526 e. The Kier molecular flexibility index (Phi) is 9.28. The second-order valence-electron chi connectivity index (χ2n) is 18.4. The van der Waals surface area contributed by atoms with Gasteiger partial charge in [-0.3, -0.25) is 0 Å². The Morgan fingerprint density at radius 3 is 1.57 bits per heavy atom. The topological polar surface area (TPSA) is 3.24 Å². The number of nitrogens with zero attached hydrogens (tertiary/aromatic N) is 1. The van der Waals surface area contributed by atoms with Crippen molar-refractivity contribution in [3.8, 4) is 44.5 Å². The van der Waals surface area contributed by atoms with E-state index in [0.29, 0.717) is 0 Å². The summed E-state index contributed by atoms with van der Waals surface area (Å²) in [6.07, 6.45) is 9.42. The van der Waals surface area contributed by atoms with Gasteiger partial charge in [-0.2, -0.15) is 0 Å². The van der Waals surface area contributed by atoms with Crippen LogP contribution in [0.2, 0.25) is 0 Å². The summed E-state index contributed by atoms with van der Waals surface area (Å²) >= 11 is 0. The molecule has 12 rings (SSSR count). The van der Waals surface area contributed by atoms with Crippen LogP contribution in [-0.4, -0.2) is 0 Å². The van der Waals surface area contributed by atoms with E-state index < -0.39 is 5.41 Å². The predicted octanol–water partition coefficient (Wildman–Crippen LogP) is 16.6. The Hall–Kier alpha value is -7.74. The molecule has 0 N–H and O–H groups in total. The van der Waals surface area contributed by atoms with Crippen molar-refractivity contribution in [2.24, 2.45) is 5.92 Å². The standard InChI is InChI=1S/C64H49N/c1-63(2)57-28-14-12-26-54(57)55-41-38-49(43-60(55)63)48-20-16-25-53(42-48)65(52-39-36-47(37-40-52)46-34-32-45(33-35-46)44-18-6-3-7-19-44)61-31-17-30-59-62(61)56-27-13-15-29-58(56)64(59,50-21-8-4-9-22-50)51-23-10-5-11-24-51/h3-43,56,58H,1-2H3. The molecule has 1 nitrogen and oxygen atoms in total. The molecular weight excluding hydrogens is 783 g/mol. The summed E-state index contributed by atoms with van der Waals surface area (Å²) in [7, 11) is 0. The lowest BCUT2D eigenvalue weighted by Crippen LogP contribution is -2.34. The summed E-state index contributed by atoms with van der Waals surface area (Å²) < 4.78 is 0. The molecular formula is C64H49N. The van der Waals surface area contributed by atoms with Gasteiger partial charge in [0.25, 0.3) is 0 Å². The lowest BCUT2D eigenvalue weighted by molar-refractivity contribution is 0.457. The summed E-state index contributed by atoms with van der Waals surface area (Å²) in [5, 5.41) is 0. The first-order valence-corrected chi connectivity index (χ1v) is 23.0. The molecule has 0 bridgehead atoms. The minimum Gasteiger partial charge on any atom is -0.310 e. The Labute approximate surface area is 383 Å². The van der Waals surface area contributed by atoms with E-state index in [1.165, 1.54) is 83.6 Å². The Morgan fingerprint density at radius 1 is 0.369 bits per heavy atom. The van der Waals surface area contributed by atoms with Gasteiger partial charge in [0.15, 0.2) is 0 Å². The fourth-order valence-corrected chi connectivity index (χ4v) is 11.6. The zero-order chi connectivity index (χ0) is 43.5. The number of allylic oxidation sites excluding steroid dienone is 4. The van der Waals surface area contributed by atoms with Gasteiger partial charge in [-0.1, -0.05) is 226 Å². The van der Waals surface area contributed by atoms with Gasteiger partial charge in [0.2, 0.25) is 0 Å². The molecule has 0 saturated carbocycles. The van der Waals surface area contributed by atoms with E-state index in [2.05, 4.69) is 268 Å². The SMILES string of the molecule is CC1(C)c2ccccc2-c2ccc(-c3cccc(N(c4ccc(-c5ccc(-c6ccccc6)cc5)cc4)c4cccc5c4C4C=CC=CC4C5(c4ccccc4)c4ccccc4)c3)cc21. The first kappa shape index (κ1) is 38.9. The highest BCUT2D eigenvalue weighted by molar-refractivity contribution is 5.87. The van der Waals surface area contributed by atoms with Crippen LogP contribution in [-0.2, 0) is 10.8 Å². The lowest BCUT2D eigenvalue weighted by atomic mass is 9.63. The number of hydrogen-bond acceptors (Lipinski definition) is 1. The summed E-state index contributed by atoms with van der Waals surface area (Å²) in [6, 6.07) is 83.4. The Bertz CT molecular complexity index is 3230. The molecule has 310 valence electrons. The van der Waals surface area contributed by atoms with E-state index >= 15 is 0 Å². The predicted molar refractivity (Wildman–Crippen MR) is 272 cm³/mol. The van der Waals surface area contributed by atoms with Crippen molar-refractivity contribution < 1.29 is 0 Å². The van der Waals surface area contributed by atoms with Crippen LogP contribution < -0.4 is 4.90 Å². The average Bonchev–Trinajstić information content (AvgIpc) is 3.81. The third-order valence-corrected chi connectivity index (χ3v) is 14.6. The first-order chi connectivity index (χ1) is 32.0. The highest BCUT2D eigenvalue weighted by atomic mass is 15.1. The van der Waals surface area contributed by atoms with E-state index in [9.17, 15) is 0 Å². The largest absolute Gasteiger partial charge is 0.310 e. The molecule has 9 aromatic carbocycles. The molecule has 0 fully saturated rings. The van der Waals surface area contributed by atoms with Crippen molar-refractivity contribution in [3.63, 3.8) is 0 Å². The van der Waals surface area contributed by atoms with Crippen LogP contribution in [0.1, 0.15) is 53.1 Å². The summed E-state index contributed by atoms with van der Waals surface area (Å²) in [5.74, 6) is 0.335. The van der Waals surface area contributed by atoms with Gasteiger partial charge in [0.1, 0.15) is 0 Å². The molecule has 1 heteroatoms. The molecule has 0 saturated heterocycles. The van der Waals surface area contributed by atoms with E-state index in [1.54, 1.807) is 0 Å². The second kappa shape index (κ2) is 15.5. The molecule has 0 amide bonds. The molecule has 0 aromatic heterocycles. The van der Waals surface area contributed by atoms with Gasteiger partial charge in [0.05, 0.1) is 11.1 Å². The van der Waals surface area contributed by atoms with Gasteiger partial charge < -0.3 is 4.90 Å². The van der Waals surface area contributed by atoms with Gasteiger partial charge >= 0.3 is 0 Å². The Morgan fingerprint density at radius 2 is 0.877 bits per heavy atom. The summed E-state index contributed by atoms with van der Waals surface area (Å²) in [5.41, 5.74) is 21.1. The van der Waals surface area contributed by atoms with Gasteiger partial charge in [-0.05, 0) is 114 Å². The van der Waals surface area contributed by atoms with Crippen LogP contribution in [0, 0.1) is 5.92 Å². The van der Waals surface area contributed by atoms with Gasteiger partial charge in [-0.15, -0.1) is 0 Å². The fraction of sp³-hybridized carbons (Fsp3) is 0.0938. The molecule has 0 aliphatic heterocycles. The maximum absolute atomic E-state index is 2.52. The molecule has 2 atom stereocenters. The zero-order valence-electron chi connectivity index (χ0n) is 36.8. The maximum atomic E-state index is 2.52. The fourth-order valence-electron chi connectivity index (χ4n) is 11.6. The van der Waals surface area contributed by atoms with Crippen molar-refractivity contribution >= 4 is 17.1 Å². The van der Waals surface area contributed by atoms with Crippen molar-refractivity contribution in [2.45, 2.75) is 30.6 Å². The number of benzene rings is 9. The van der Waals surface area contributed by atoms with Gasteiger partial charge in [-0.25, -0.2) is 0 Å². The highest BCUT2D eigenvalue weighted by Crippen LogP contribution is 2.62. The number of hydrogen-bond donors (Lipinski definition) is 0. The molecule has 65 heavy (non-hydrogen) atoms. The monoisotopic (exact) mass is 831 g/mol. The van der Waals surface area contributed by atoms with Crippen LogP contribution in [0.25, 0.3) is 44.5 Å². The van der Waals surface area contributed by atoms with Crippen LogP contribution >= 0.6 is 0 Å². The highest BCUT2D eigenvalue weighted by Gasteiger charge is 2.54. The lowest BCUT2D eigenvalue weighted by Gasteiger charge is -2.38. The second-order valence-corrected chi connectivity index (χ2v) is 18.4. The van der Waals surface area contributed by atoms with E-state index in [-0.39, 0.29) is 17.3 Å². The van der Waals surface area contributed by atoms with E-state index in [0.717, 1.165) is 11.4 Å². The van der Waals surface area contributed by atoms with Crippen molar-refractivity contribution in [1.29, 1.82) is 0 Å². The Balaban J connectivity index is 1.03. The number of fused-ring (bicyclic) bond motifs is 6. The van der Waals surface area contributed by atoms with Crippen LogP contribution in [0.4, 0.5) is 17.1 Å². The molecule has 3 aliphatic carbocycles. The van der Waals surface area contributed by atoms with Gasteiger partial charge in [0, 0.05) is 28.6 Å². The third kappa shape index (κ3) is 6.21. The van der Waals surface area contributed by atoms with Crippen molar-refractivity contribution in [2.75, 3.05) is 4.90 Å². The third-order valence-electron chi connectivity index (χ3n) is 14.6. The number of anilines is 3. The first-order valence-electron chi connectivity index (χ1n) is 23.0. The van der Waals surface area contributed by atoms with Crippen molar-refractivity contribution in [3.05, 3.63) is 282 Å². The van der Waals surface area contributed by atoms with Crippen LogP contribution in [0.3, 0.4) is 0 Å². The molecule has 9 aromatic rings. The minimum absolute atomic E-state index is 0.0811. The zero-order valence-corrected chi connectivity index (χ0v) is 36.8. The van der Waals surface area contributed by atoms with Crippen molar-refractivity contribution in [1.82, 2.24) is 0 Å². The maximum Gasteiger partial charge on any atom is 0.0526 e.